The predicted molar refractivity (Wildman–Crippen MR) is 525 cm³/mol. The van der Waals surface area contributed by atoms with Crippen LogP contribution in [-0.4, -0.2) is 0 Å². The number of furan rings is 1. The molecule has 0 radical (unpaired) electrons. The van der Waals surface area contributed by atoms with Crippen molar-refractivity contribution in [1.82, 2.24) is 0 Å². The van der Waals surface area contributed by atoms with E-state index in [-0.39, 0.29) is 21.7 Å². The lowest BCUT2D eigenvalue weighted by Gasteiger charge is -2.44. The van der Waals surface area contributed by atoms with E-state index in [1.165, 1.54) is 155 Å². The van der Waals surface area contributed by atoms with Gasteiger partial charge in [-0.25, -0.2) is 0 Å². The van der Waals surface area contributed by atoms with Gasteiger partial charge in [0, 0.05) is 43.6 Å². The van der Waals surface area contributed by atoms with E-state index in [1.807, 2.05) is 24.3 Å². The number of para-hydroxylation sites is 2. The van der Waals surface area contributed by atoms with Gasteiger partial charge >= 0.3 is 0 Å². The summed E-state index contributed by atoms with van der Waals surface area (Å²) in [6.07, 6.45) is 0. The van der Waals surface area contributed by atoms with Gasteiger partial charge in [-0.1, -0.05) is 454 Å². The molecule has 19 rings (SSSR count). The lowest BCUT2D eigenvalue weighted by Crippen LogP contribution is -2.36. The van der Waals surface area contributed by atoms with Crippen molar-refractivity contribution in [3.8, 4) is 78.3 Å². The van der Waals surface area contributed by atoms with Gasteiger partial charge in [0.15, 0.2) is 0 Å². The van der Waals surface area contributed by atoms with Gasteiger partial charge < -0.3 is 9.15 Å². The lowest BCUT2D eigenvalue weighted by molar-refractivity contribution is 0.417. The zero-order valence-electron chi connectivity index (χ0n) is 75.8. The summed E-state index contributed by atoms with van der Waals surface area (Å²) in [5.74, 6) is 5.38. The zero-order chi connectivity index (χ0) is 86.4. The molecule has 616 valence electrons. The molecule has 0 saturated heterocycles. The van der Waals surface area contributed by atoms with Crippen LogP contribution >= 0.6 is 0 Å². The van der Waals surface area contributed by atoms with E-state index in [9.17, 15) is 0 Å². The van der Waals surface area contributed by atoms with Gasteiger partial charge in [-0.05, 0) is 205 Å². The van der Waals surface area contributed by atoms with Crippen LogP contribution in [0.25, 0.3) is 88.7 Å². The van der Waals surface area contributed by atoms with E-state index in [2.05, 4.69) is 466 Å². The monoisotopic (exact) mass is 1600 g/mol. The second-order valence-corrected chi connectivity index (χ2v) is 37.5. The second kappa shape index (κ2) is 36.7. The summed E-state index contributed by atoms with van der Waals surface area (Å²) < 4.78 is 11.8. The van der Waals surface area contributed by atoms with Crippen LogP contribution in [0.1, 0.15) is 252 Å². The van der Waals surface area contributed by atoms with Crippen molar-refractivity contribution >= 4 is 21.9 Å². The Balaban J connectivity index is 0.000000120. The molecule has 1 aromatic heterocycles. The Kier molecular flexibility index (Phi) is 25.9. The van der Waals surface area contributed by atoms with E-state index < -0.39 is 0 Å². The molecular weight excluding hydrogens is 1470 g/mol. The Labute approximate surface area is 729 Å². The van der Waals surface area contributed by atoms with Crippen LogP contribution in [0.3, 0.4) is 0 Å². The molecule has 122 heavy (non-hydrogen) atoms. The minimum absolute atomic E-state index is 0.00488. The highest BCUT2D eigenvalue weighted by Crippen LogP contribution is 2.53. The Morgan fingerprint density at radius 1 is 0.180 bits per heavy atom. The first-order valence-corrected chi connectivity index (χ1v) is 44.4. The van der Waals surface area contributed by atoms with Crippen molar-refractivity contribution in [2.45, 2.75) is 196 Å². The van der Waals surface area contributed by atoms with Gasteiger partial charge in [-0.3, -0.25) is 0 Å². The molecular formula is C120H124O2. The maximum Gasteiger partial charge on any atom is 0.135 e. The minimum Gasteiger partial charge on any atom is -0.457 e. The summed E-state index contributed by atoms with van der Waals surface area (Å²) in [7, 11) is 0. The Morgan fingerprint density at radius 2 is 0.492 bits per heavy atom. The predicted octanol–water partition coefficient (Wildman–Crippen LogP) is 34.8. The highest BCUT2D eigenvalue weighted by molar-refractivity contribution is 6.05. The second-order valence-electron chi connectivity index (χ2n) is 37.5. The summed E-state index contributed by atoms with van der Waals surface area (Å²) in [5, 5.41) is 2.43. The standard InChI is InChI=1S/C24H24.C21H26.2C21H20.C18H20O.C15H14O/c1-16(2)17-9-11-18(12-10-17)19-13-14-21-20-7-5-6-8-22(20)24(3,4)23(21)15-19;1-14(2)15-11-12-18-19(13-15)21(5,6)17-10-8-7-9-16(17)20(18,3)4;1-16(2)17-12-14-19(15-13-17)21-11-7-6-10-20(21)18-8-4-3-5-9-18;1-16(2)17-8-10-20(11-9-17)21-14-12-19(13-15-21)18-6-4-3-5-7-18;1-12(2)13-9-10-17-15(11-13)18(3,4)14-7-5-6-8-16(14)19-17;1-10(2)11-7-8-15-13(9-11)12-5-3-4-6-14(12)16-15/h5-16H,1-4H3;7-14H,1-6H3;2*3-16H,1-2H3;5-12H,1-4H3;3-10H,1-2H3. The van der Waals surface area contributed by atoms with Crippen LogP contribution in [0.2, 0.25) is 0 Å². The summed E-state index contributed by atoms with van der Waals surface area (Å²) in [6.45, 7) is 45.5. The van der Waals surface area contributed by atoms with Gasteiger partial charge in [0.25, 0.3) is 0 Å². The van der Waals surface area contributed by atoms with Crippen molar-refractivity contribution in [2.75, 3.05) is 0 Å². The molecule has 16 aromatic rings. The highest BCUT2D eigenvalue weighted by atomic mass is 16.5. The normalized spacial score (nSPS) is 13.7. The van der Waals surface area contributed by atoms with Crippen LogP contribution in [0, 0.1) is 0 Å². The van der Waals surface area contributed by atoms with E-state index in [4.69, 9.17) is 9.15 Å². The van der Waals surface area contributed by atoms with Crippen molar-refractivity contribution in [2.24, 2.45) is 0 Å². The number of rotatable bonds is 11. The summed E-state index contributed by atoms with van der Waals surface area (Å²) >= 11 is 0. The minimum atomic E-state index is -0.00488. The quantitative estimate of drug-likeness (QED) is 0.129. The fourth-order valence-corrected chi connectivity index (χ4v) is 17.9. The van der Waals surface area contributed by atoms with Crippen LogP contribution in [0.15, 0.2) is 356 Å². The fourth-order valence-electron chi connectivity index (χ4n) is 17.9. The Bertz CT molecular complexity index is 6230. The first-order chi connectivity index (χ1) is 58.5. The Morgan fingerprint density at radius 3 is 1.02 bits per heavy atom. The van der Waals surface area contributed by atoms with E-state index >= 15 is 0 Å². The summed E-state index contributed by atoms with van der Waals surface area (Å²) in [4.78, 5) is 0. The topological polar surface area (TPSA) is 22.4 Å². The molecule has 0 unspecified atom stereocenters. The molecule has 15 aromatic carbocycles. The molecule has 2 heteroatoms. The molecule has 0 N–H and O–H groups in total. The molecule has 2 heterocycles. The number of benzene rings is 15. The molecule has 1 aliphatic heterocycles. The number of fused-ring (bicyclic) bond motifs is 10. The van der Waals surface area contributed by atoms with Crippen LogP contribution in [-0.2, 0) is 21.7 Å². The van der Waals surface area contributed by atoms with E-state index in [1.54, 1.807) is 0 Å². The highest BCUT2D eigenvalue weighted by Gasteiger charge is 2.42. The molecule has 0 saturated carbocycles. The van der Waals surface area contributed by atoms with Crippen LogP contribution in [0.4, 0.5) is 0 Å². The van der Waals surface area contributed by atoms with Crippen LogP contribution in [0.5, 0.6) is 11.5 Å². The first kappa shape index (κ1) is 86.3. The average molecular weight is 1600 g/mol. The van der Waals surface area contributed by atoms with E-state index in [0.29, 0.717) is 35.5 Å². The van der Waals surface area contributed by atoms with E-state index in [0.717, 1.165) is 22.7 Å². The van der Waals surface area contributed by atoms with Crippen molar-refractivity contribution in [1.29, 1.82) is 0 Å². The fraction of sp³-hybridized carbons (Fsp3) is 0.250. The molecule has 0 bridgehead atoms. The number of hydrogen-bond acceptors (Lipinski definition) is 2. The first-order valence-electron chi connectivity index (χ1n) is 44.4. The van der Waals surface area contributed by atoms with Gasteiger partial charge in [-0.2, -0.15) is 0 Å². The van der Waals surface area contributed by atoms with Gasteiger partial charge in [0.2, 0.25) is 0 Å². The Hall–Kier alpha value is -12.1. The lowest BCUT2D eigenvalue weighted by atomic mass is 9.59. The van der Waals surface area contributed by atoms with Gasteiger partial charge in [0.05, 0.1) is 0 Å². The molecule has 0 amide bonds. The van der Waals surface area contributed by atoms with Crippen LogP contribution < -0.4 is 4.74 Å². The SMILES string of the molecule is CC(C)c1ccc(-c2ccc(-c3ccccc3)cc2)cc1.CC(C)c1ccc(-c2ccc3c(c2)C(C)(C)c2ccccc2-3)cc1.CC(C)c1ccc(-c2ccccc2-c2ccccc2)cc1.CC(C)c1ccc2c(c1)C(C)(C)c1ccccc1C2(C)C.CC(C)c1ccc2c(c1)C(C)(C)c1ccccc1O2.CC(C)c1ccc2oc3ccccc3c2c1. The molecule has 3 aliphatic rings. The van der Waals surface area contributed by atoms with Gasteiger partial charge in [-0.15, -0.1) is 0 Å². The van der Waals surface area contributed by atoms with Crippen molar-refractivity contribution in [3.63, 3.8) is 0 Å². The van der Waals surface area contributed by atoms with Gasteiger partial charge in [0.1, 0.15) is 22.7 Å². The molecule has 0 atom stereocenters. The van der Waals surface area contributed by atoms with Crippen molar-refractivity contribution in [3.05, 3.63) is 430 Å². The molecule has 2 nitrogen and oxygen atoms in total. The molecule has 2 aliphatic carbocycles. The zero-order valence-corrected chi connectivity index (χ0v) is 75.8. The third-order valence-electron chi connectivity index (χ3n) is 25.8. The van der Waals surface area contributed by atoms with Crippen molar-refractivity contribution < 1.29 is 9.15 Å². The largest absolute Gasteiger partial charge is 0.457 e. The molecule has 0 spiro atoms. The maximum absolute atomic E-state index is 6.05. The average Bonchev–Trinajstić information content (AvgIpc) is 0.832. The smallest absolute Gasteiger partial charge is 0.135 e. The summed E-state index contributed by atoms with van der Waals surface area (Å²) in [6, 6.07) is 127. The number of hydrogen-bond donors (Lipinski definition) is 0. The third kappa shape index (κ3) is 18.4. The number of ether oxygens (including phenoxy) is 1. The maximum atomic E-state index is 6.05. The molecule has 0 fully saturated rings. The third-order valence-corrected chi connectivity index (χ3v) is 25.8. The summed E-state index contributed by atoms with van der Waals surface area (Å²) in [5.41, 5.74) is 37.4.